The SMILES string of the molecule is COCCC(C)C(NN)c1cccc(Cl)c1C. The van der Waals surface area contributed by atoms with Gasteiger partial charge in [-0.15, -0.1) is 0 Å². The minimum atomic E-state index is 0.101. The number of halogens is 1. The van der Waals surface area contributed by atoms with Crippen molar-refractivity contribution >= 4 is 11.6 Å². The molecule has 0 spiro atoms. The minimum Gasteiger partial charge on any atom is -0.385 e. The lowest BCUT2D eigenvalue weighted by Crippen LogP contribution is -2.33. The number of hydrazine groups is 1. The molecule has 0 amide bonds. The van der Waals surface area contributed by atoms with Crippen LogP contribution in [0.5, 0.6) is 0 Å². The van der Waals surface area contributed by atoms with Crippen LogP contribution < -0.4 is 11.3 Å². The predicted octanol–water partition coefficient (Wildman–Crippen LogP) is 2.83. The van der Waals surface area contributed by atoms with Gasteiger partial charge in [0.25, 0.3) is 0 Å². The molecule has 0 saturated carbocycles. The van der Waals surface area contributed by atoms with Crippen molar-refractivity contribution in [3.05, 3.63) is 34.3 Å². The summed E-state index contributed by atoms with van der Waals surface area (Å²) in [5.41, 5.74) is 5.12. The van der Waals surface area contributed by atoms with Gasteiger partial charge in [0, 0.05) is 24.8 Å². The maximum Gasteiger partial charge on any atom is 0.0489 e. The Kier molecular flexibility index (Phi) is 5.92. The lowest BCUT2D eigenvalue weighted by Gasteiger charge is -2.25. The molecule has 2 unspecified atom stereocenters. The van der Waals surface area contributed by atoms with E-state index in [1.165, 1.54) is 0 Å². The van der Waals surface area contributed by atoms with Gasteiger partial charge < -0.3 is 4.74 Å². The molecule has 1 aromatic carbocycles. The van der Waals surface area contributed by atoms with Gasteiger partial charge in [0.15, 0.2) is 0 Å². The van der Waals surface area contributed by atoms with Crippen molar-refractivity contribution in [3.63, 3.8) is 0 Å². The fourth-order valence-electron chi connectivity index (χ4n) is 1.99. The van der Waals surface area contributed by atoms with Crippen LogP contribution in [0.1, 0.15) is 30.5 Å². The Morgan fingerprint density at radius 1 is 1.47 bits per heavy atom. The Labute approximate surface area is 108 Å². The third kappa shape index (κ3) is 3.68. The van der Waals surface area contributed by atoms with Crippen molar-refractivity contribution in [2.45, 2.75) is 26.3 Å². The zero-order valence-corrected chi connectivity index (χ0v) is 11.4. The number of methoxy groups -OCH3 is 1. The first-order chi connectivity index (χ1) is 8.11. The van der Waals surface area contributed by atoms with Gasteiger partial charge in [-0.2, -0.15) is 0 Å². The third-order valence-electron chi connectivity index (χ3n) is 3.17. The second-order valence-corrected chi connectivity index (χ2v) is 4.76. The molecule has 0 bridgehead atoms. The zero-order valence-electron chi connectivity index (χ0n) is 10.7. The highest BCUT2D eigenvalue weighted by atomic mass is 35.5. The Morgan fingerprint density at radius 2 is 2.18 bits per heavy atom. The summed E-state index contributed by atoms with van der Waals surface area (Å²) in [7, 11) is 1.71. The van der Waals surface area contributed by atoms with Crippen molar-refractivity contribution in [1.82, 2.24) is 5.43 Å². The quantitative estimate of drug-likeness (QED) is 0.608. The molecule has 17 heavy (non-hydrogen) atoms. The third-order valence-corrected chi connectivity index (χ3v) is 3.58. The van der Waals surface area contributed by atoms with E-state index < -0.39 is 0 Å². The molecule has 3 N–H and O–H groups in total. The van der Waals surface area contributed by atoms with Gasteiger partial charge in [-0.05, 0) is 36.5 Å². The van der Waals surface area contributed by atoms with E-state index in [1.54, 1.807) is 7.11 Å². The van der Waals surface area contributed by atoms with Crippen LogP contribution in [0.15, 0.2) is 18.2 Å². The molecule has 0 aliphatic carbocycles. The summed E-state index contributed by atoms with van der Waals surface area (Å²) >= 11 is 6.13. The molecule has 4 heteroatoms. The van der Waals surface area contributed by atoms with Crippen LogP contribution >= 0.6 is 11.6 Å². The summed E-state index contributed by atoms with van der Waals surface area (Å²) in [6.45, 7) is 4.91. The lowest BCUT2D eigenvalue weighted by molar-refractivity contribution is 0.170. The van der Waals surface area contributed by atoms with Gasteiger partial charge in [-0.25, -0.2) is 0 Å². The van der Waals surface area contributed by atoms with E-state index >= 15 is 0 Å². The summed E-state index contributed by atoms with van der Waals surface area (Å²) in [5.74, 6) is 6.05. The Balaban J connectivity index is 2.89. The van der Waals surface area contributed by atoms with Crippen molar-refractivity contribution in [2.24, 2.45) is 11.8 Å². The van der Waals surface area contributed by atoms with Crippen molar-refractivity contribution in [1.29, 1.82) is 0 Å². The number of benzene rings is 1. The van der Waals surface area contributed by atoms with Gasteiger partial charge in [-0.3, -0.25) is 11.3 Å². The Bertz CT molecular complexity index is 357. The second kappa shape index (κ2) is 6.97. The van der Waals surface area contributed by atoms with Gasteiger partial charge >= 0.3 is 0 Å². The highest BCUT2D eigenvalue weighted by molar-refractivity contribution is 6.31. The minimum absolute atomic E-state index is 0.101. The average molecular weight is 257 g/mol. The molecule has 2 atom stereocenters. The largest absolute Gasteiger partial charge is 0.385 e. The number of hydrogen-bond donors (Lipinski definition) is 2. The van der Waals surface area contributed by atoms with E-state index in [4.69, 9.17) is 22.2 Å². The first kappa shape index (κ1) is 14.5. The maximum absolute atomic E-state index is 6.13. The van der Waals surface area contributed by atoms with Crippen LogP contribution in [0.2, 0.25) is 5.02 Å². The molecule has 0 aliphatic heterocycles. The Hall–Kier alpha value is -0.610. The molecule has 96 valence electrons. The summed E-state index contributed by atoms with van der Waals surface area (Å²) in [6, 6.07) is 6.02. The van der Waals surface area contributed by atoms with Gasteiger partial charge in [0.1, 0.15) is 0 Å². The summed E-state index contributed by atoms with van der Waals surface area (Å²) < 4.78 is 5.10. The Morgan fingerprint density at radius 3 is 2.76 bits per heavy atom. The molecular formula is C13H21ClN2O. The van der Waals surface area contributed by atoms with Crippen LogP contribution in [0.25, 0.3) is 0 Å². The van der Waals surface area contributed by atoms with Crippen molar-refractivity contribution < 1.29 is 4.74 Å². The first-order valence-corrected chi connectivity index (χ1v) is 6.19. The fourth-order valence-corrected chi connectivity index (χ4v) is 2.17. The summed E-state index contributed by atoms with van der Waals surface area (Å²) in [6.07, 6.45) is 0.956. The average Bonchev–Trinajstić information content (AvgIpc) is 2.32. The first-order valence-electron chi connectivity index (χ1n) is 5.81. The fraction of sp³-hybridized carbons (Fsp3) is 0.538. The molecule has 0 aromatic heterocycles. The van der Waals surface area contributed by atoms with E-state index in [0.717, 1.165) is 29.2 Å². The highest BCUT2D eigenvalue weighted by Crippen LogP contribution is 2.29. The maximum atomic E-state index is 6.13. The number of nitrogens with one attached hydrogen (secondary N) is 1. The zero-order chi connectivity index (χ0) is 12.8. The van der Waals surface area contributed by atoms with Crippen LogP contribution in [-0.4, -0.2) is 13.7 Å². The molecule has 0 heterocycles. The monoisotopic (exact) mass is 256 g/mol. The van der Waals surface area contributed by atoms with E-state index in [1.807, 2.05) is 19.1 Å². The van der Waals surface area contributed by atoms with E-state index in [2.05, 4.69) is 18.4 Å². The van der Waals surface area contributed by atoms with E-state index in [0.29, 0.717) is 5.92 Å². The molecule has 0 aliphatic rings. The smallest absolute Gasteiger partial charge is 0.0489 e. The highest BCUT2D eigenvalue weighted by Gasteiger charge is 2.20. The normalized spacial score (nSPS) is 14.6. The molecule has 1 rings (SSSR count). The molecule has 0 fully saturated rings. The predicted molar refractivity (Wildman–Crippen MR) is 71.9 cm³/mol. The molecule has 3 nitrogen and oxygen atoms in total. The summed E-state index contributed by atoms with van der Waals surface area (Å²) in [5, 5.41) is 0.779. The van der Waals surface area contributed by atoms with Crippen LogP contribution in [0.3, 0.4) is 0 Å². The lowest BCUT2D eigenvalue weighted by atomic mass is 9.90. The second-order valence-electron chi connectivity index (χ2n) is 4.36. The van der Waals surface area contributed by atoms with E-state index in [9.17, 15) is 0 Å². The molecule has 0 saturated heterocycles. The van der Waals surface area contributed by atoms with Gasteiger partial charge in [-0.1, -0.05) is 30.7 Å². The van der Waals surface area contributed by atoms with Crippen molar-refractivity contribution in [2.75, 3.05) is 13.7 Å². The number of rotatable bonds is 6. The van der Waals surface area contributed by atoms with Crippen LogP contribution in [0.4, 0.5) is 0 Å². The van der Waals surface area contributed by atoms with Crippen LogP contribution in [0, 0.1) is 12.8 Å². The molecule has 1 aromatic rings. The number of ether oxygens (including phenoxy) is 1. The van der Waals surface area contributed by atoms with Crippen LogP contribution in [-0.2, 0) is 4.74 Å². The van der Waals surface area contributed by atoms with Crippen molar-refractivity contribution in [3.8, 4) is 0 Å². The topological polar surface area (TPSA) is 47.3 Å². The standard InChI is InChI=1S/C13H21ClN2O/c1-9(7-8-17-3)13(16-15)11-5-4-6-12(14)10(11)2/h4-6,9,13,16H,7-8,15H2,1-3H3. The molecule has 0 radical (unpaired) electrons. The summed E-state index contributed by atoms with van der Waals surface area (Å²) in [4.78, 5) is 0. The van der Waals surface area contributed by atoms with Gasteiger partial charge in [0.2, 0.25) is 0 Å². The number of hydrogen-bond acceptors (Lipinski definition) is 3. The molecular weight excluding hydrogens is 236 g/mol. The number of nitrogens with two attached hydrogens (primary N) is 1. The van der Waals surface area contributed by atoms with Gasteiger partial charge in [0.05, 0.1) is 0 Å². The van der Waals surface area contributed by atoms with E-state index in [-0.39, 0.29) is 6.04 Å².